The first-order valence-electron chi connectivity index (χ1n) is 9.46. The molecule has 5 nitrogen and oxygen atoms in total. The Morgan fingerprint density at radius 1 is 0.900 bits per heavy atom. The Labute approximate surface area is 183 Å². The Morgan fingerprint density at radius 2 is 1.63 bits per heavy atom. The largest absolute Gasteiger partial charge is 0.493 e. The van der Waals surface area contributed by atoms with Crippen LogP contribution in [-0.2, 0) is 0 Å². The molecule has 1 N–H and O–H groups in total. The van der Waals surface area contributed by atoms with Gasteiger partial charge in [0.25, 0.3) is 0 Å². The van der Waals surface area contributed by atoms with Crippen LogP contribution in [-0.4, -0.2) is 32.1 Å². The van der Waals surface area contributed by atoms with Crippen molar-refractivity contribution < 1.29 is 19.0 Å². The maximum Gasteiger partial charge on any atom is 0.204 e. The molecule has 0 spiro atoms. The maximum absolute atomic E-state index is 13.6. The van der Waals surface area contributed by atoms with Gasteiger partial charge in [-0.1, -0.05) is 15.9 Å². The van der Waals surface area contributed by atoms with E-state index in [1.165, 1.54) is 14.2 Å². The highest BCUT2D eigenvalue weighted by atomic mass is 79.9. The summed E-state index contributed by atoms with van der Waals surface area (Å²) in [4.78, 5) is 17.1. The molecule has 0 atom stereocenters. The van der Waals surface area contributed by atoms with Crippen LogP contribution in [0.25, 0.3) is 21.8 Å². The van der Waals surface area contributed by atoms with Gasteiger partial charge in [0, 0.05) is 31.8 Å². The van der Waals surface area contributed by atoms with Crippen LogP contribution in [0.5, 0.6) is 17.2 Å². The predicted molar refractivity (Wildman–Crippen MR) is 123 cm³/mol. The second kappa shape index (κ2) is 7.69. The van der Waals surface area contributed by atoms with Gasteiger partial charge in [-0.15, -0.1) is 0 Å². The minimum Gasteiger partial charge on any atom is -0.493 e. The summed E-state index contributed by atoms with van der Waals surface area (Å²) in [5, 5.41) is 2.13. The Balaban J connectivity index is 1.98. The molecule has 1 heterocycles. The first-order chi connectivity index (χ1) is 14.4. The number of fused-ring (bicyclic) bond motifs is 3. The number of hydrogen-bond acceptors (Lipinski definition) is 4. The molecule has 0 fully saturated rings. The molecule has 4 aromatic rings. The summed E-state index contributed by atoms with van der Waals surface area (Å²) in [5.74, 6) is 1.15. The molecule has 0 amide bonds. The van der Waals surface area contributed by atoms with Crippen molar-refractivity contribution in [1.82, 2.24) is 4.98 Å². The molecule has 0 unspecified atom stereocenters. The third-order valence-corrected chi connectivity index (χ3v) is 5.98. The molecular formula is C24H22BrNO4. The average molecular weight is 468 g/mol. The van der Waals surface area contributed by atoms with Crippen molar-refractivity contribution in [3.63, 3.8) is 0 Å². The second-order valence-electron chi connectivity index (χ2n) is 7.14. The topological polar surface area (TPSA) is 60.6 Å². The summed E-state index contributed by atoms with van der Waals surface area (Å²) >= 11 is 3.56. The van der Waals surface area contributed by atoms with Crippen molar-refractivity contribution in [3.05, 3.63) is 63.1 Å². The number of aromatic amines is 1. The summed E-state index contributed by atoms with van der Waals surface area (Å²) in [6.07, 6.45) is 0. The van der Waals surface area contributed by atoms with Crippen LogP contribution in [0.3, 0.4) is 0 Å². The first kappa shape index (κ1) is 20.3. The molecule has 0 aliphatic rings. The zero-order chi connectivity index (χ0) is 21.6. The van der Waals surface area contributed by atoms with E-state index < -0.39 is 0 Å². The Hall–Kier alpha value is -2.99. The van der Waals surface area contributed by atoms with E-state index in [9.17, 15) is 4.79 Å². The Morgan fingerprint density at radius 3 is 2.30 bits per heavy atom. The molecule has 0 saturated heterocycles. The molecule has 0 radical (unpaired) electrons. The van der Waals surface area contributed by atoms with E-state index in [2.05, 4.69) is 27.0 Å². The summed E-state index contributed by atoms with van der Waals surface area (Å²) in [7, 11) is 4.60. The Bertz CT molecular complexity index is 1310. The zero-order valence-electron chi connectivity index (χ0n) is 17.5. The number of rotatable bonds is 5. The van der Waals surface area contributed by atoms with E-state index in [4.69, 9.17) is 14.2 Å². The van der Waals surface area contributed by atoms with Crippen LogP contribution in [0.4, 0.5) is 0 Å². The molecule has 0 aliphatic carbocycles. The van der Waals surface area contributed by atoms with Crippen LogP contribution < -0.4 is 14.2 Å². The number of aryl methyl sites for hydroxylation is 2. The standard InChI is InChI=1S/C24H22BrNO4/c1-12-10-16(13(2)20-17-11-14(25)6-8-18(17)26-21(12)20)22(27)15-7-9-19(28-3)24(30-5)23(15)29-4/h6-11,26H,1-5H3. The maximum atomic E-state index is 13.6. The molecule has 3 aromatic carbocycles. The molecule has 6 heteroatoms. The van der Waals surface area contributed by atoms with Gasteiger partial charge in [0.15, 0.2) is 17.3 Å². The lowest BCUT2D eigenvalue weighted by Gasteiger charge is -2.16. The number of ketones is 1. The molecule has 0 bridgehead atoms. The van der Waals surface area contributed by atoms with Crippen molar-refractivity contribution in [2.75, 3.05) is 21.3 Å². The normalized spacial score (nSPS) is 11.1. The Kier molecular flexibility index (Phi) is 5.20. The third kappa shape index (κ3) is 3.03. The highest BCUT2D eigenvalue weighted by molar-refractivity contribution is 9.10. The summed E-state index contributed by atoms with van der Waals surface area (Å²) in [6, 6.07) is 11.5. The molecule has 0 saturated carbocycles. The van der Waals surface area contributed by atoms with Crippen molar-refractivity contribution >= 4 is 43.5 Å². The fourth-order valence-electron chi connectivity index (χ4n) is 4.04. The van der Waals surface area contributed by atoms with E-state index in [1.807, 2.05) is 32.0 Å². The number of nitrogens with one attached hydrogen (secondary N) is 1. The number of halogens is 1. The van der Waals surface area contributed by atoms with Gasteiger partial charge < -0.3 is 19.2 Å². The van der Waals surface area contributed by atoms with Crippen molar-refractivity contribution in [3.8, 4) is 17.2 Å². The number of methoxy groups -OCH3 is 3. The minimum atomic E-state index is -0.125. The van der Waals surface area contributed by atoms with Crippen LogP contribution >= 0.6 is 15.9 Å². The number of hydrogen-bond donors (Lipinski definition) is 1. The number of carbonyl (C=O) groups is 1. The van der Waals surface area contributed by atoms with Crippen molar-refractivity contribution in [1.29, 1.82) is 0 Å². The van der Waals surface area contributed by atoms with E-state index in [0.29, 0.717) is 28.4 Å². The lowest BCUT2D eigenvalue weighted by molar-refractivity contribution is 0.103. The van der Waals surface area contributed by atoms with Crippen LogP contribution in [0.1, 0.15) is 27.0 Å². The SMILES string of the molecule is COc1ccc(C(=O)c2cc(C)c3[nH]c4ccc(Br)cc4c3c2C)c(OC)c1OC. The number of carbonyl (C=O) groups excluding carboxylic acids is 1. The van der Waals surface area contributed by atoms with Gasteiger partial charge in [-0.05, 0) is 61.4 Å². The van der Waals surface area contributed by atoms with Crippen LogP contribution in [0.15, 0.2) is 40.9 Å². The fraction of sp³-hybridized carbons (Fsp3) is 0.208. The monoisotopic (exact) mass is 467 g/mol. The zero-order valence-corrected chi connectivity index (χ0v) is 19.1. The van der Waals surface area contributed by atoms with E-state index >= 15 is 0 Å². The number of aromatic nitrogens is 1. The van der Waals surface area contributed by atoms with E-state index in [0.717, 1.165) is 37.4 Å². The molecule has 0 aliphatic heterocycles. The third-order valence-electron chi connectivity index (χ3n) is 5.49. The summed E-state index contributed by atoms with van der Waals surface area (Å²) in [5.41, 5.74) is 5.06. The highest BCUT2D eigenvalue weighted by Crippen LogP contribution is 2.41. The summed E-state index contributed by atoms with van der Waals surface area (Å²) < 4.78 is 17.3. The van der Waals surface area contributed by atoms with Gasteiger partial charge in [-0.3, -0.25) is 4.79 Å². The van der Waals surface area contributed by atoms with Crippen LogP contribution in [0.2, 0.25) is 0 Å². The van der Waals surface area contributed by atoms with Crippen molar-refractivity contribution in [2.45, 2.75) is 13.8 Å². The van der Waals surface area contributed by atoms with Gasteiger partial charge in [-0.2, -0.15) is 0 Å². The van der Waals surface area contributed by atoms with Crippen LogP contribution in [0, 0.1) is 13.8 Å². The van der Waals surface area contributed by atoms with Gasteiger partial charge in [0.1, 0.15) is 0 Å². The van der Waals surface area contributed by atoms with Gasteiger partial charge in [0.2, 0.25) is 5.75 Å². The lowest BCUT2D eigenvalue weighted by Crippen LogP contribution is -2.08. The number of H-pyrrole nitrogens is 1. The predicted octanol–water partition coefficient (Wildman–Crippen LogP) is 5.96. The number of benzene rings is 3. The second-order valence-corrected chi connectivity index (χ2v) is 8.06. The lowest BCUT2D eigenvalue weighted by atomic mass is 9.92. The molecule has 154 valence electrons. The van der Waals surface area contributed by atoms with Gasteiger partial charge in [-0.25, -0.2) is 0 Å². The van der Waals surface area contributed by atoms with Crippen molar-refractivity contribution in [2.24, 2.45) is 0 Å². The quantitative estimate of drug-likeness (QED) is 0.368. The van der Waals surface area contributed by atoms with E-state index in [-0.39, 0.29) is 5.78 Å². The average Bonchev–Trinajstić information content (AvgIpc) is 3.14. The first-order valence-corrected chi connectivity index (χ1v) is 10.2. The van der Waals surface area contributed by atoms with Gasteiger partial charge >= 0.3 is 0 Å². The van der Waals surface area contributed by atoms with E-state index in [1.54, 1.807) is 19.2 Å². The highest BCUT2D eigenvalue weighted by Gasteiger charge is 2.24. The molecule has 30 heavy (non-hydrogen) atoms. The smallest absolute Gasteiger partial charge is 0.204 e. The molecule has 4 rings (SSSR count). The molecule has 1 aromatic heterocycles. The summed E-state index contributed by atoms with van der Waals surface area (Å²) in [6.45, 7) is 3.99. The fourth-order valence-corrected chi connectivity index (χ4v) is 4.40. The molecular weight excluding hydrogens is 446 g/mol. The van der Waals surface area contributed by atoms with Gasteiger partial charge in [0.05, 0.1) is 26.9 Å². The minimum absolute atomic E-state index is 0.125. The number of ether oxygens (including phenoxy) is 3.